The molecule has 2 N–H and O–H groups in total. The van der Waals surface area contributed by atoms with Gasteiger partial charge in [0.05, 0.1) is 0 Å². The standard InChI is InChI=1S/C13H24N2O2/c1-10(2)15-8-3-5-11(9-15)13(12(16)17)6-4-7-14-13/h10-11,14H,3-9H2,1-2H3,(H,16,17). The lowest BCUT2D eigenvalue weighted by molar-refractivity contribution is -0.148. The Balaban J connectivity index is 2.11. The van der Waals surface area contributed by atoms with Crippen molar-refractivity contribution in [2.75, 3.05) is 19.6 Å². The quantitative estimate of drug-likeness (QED) is 0.781. The van der Waals surface area contributed by atoms with E-state index in [1.807, 2.05) is 0 Å². The summed E-state index contributed by atoms with van der Waals surface area (Å²) in [6.45, 7) is 7.28. The first-order valence-corrected chi connectivity index (χ1v) is 6.79. The van der Waals surface area contributed by atoms with Gasteiger partial charge >= 0.3 is 5.97 Å². The van der Waals surface area contributed by atoms with Gasteiger partial charge in [0.2, 0.25) is 0 Å². The van der Waals surface area contributed by atoms with Gasteiger partial charge in [-0.3, -0.25) is 4.79 Å². The molecule has 2 rings (SSSR count). The van der Waals surface area contributed by atoms with E-state index in [2.05, 4.69) is 24.1 Å². The number of hydrogen-bond acceptors (Lipinski definition) is 3. The molecule has 0 bridgehead atoms. The molecule has 4 nitrogen and oxygen atoms in total. The highest BCUT2D eigenvalue weighted by atomic mass is 16.4. The van der Waals surface area contributed by atoms with Crippen LogP contribution in [0.2, 0.25) is 0 Å². The molecular formula is C13H24N2O2. The van der Waals surface area contributed by atoms with Gasteiger partial charge in [0.25, 0.3) is 0 Å². The highest BCUT2D eigenvalue weighted by molar-refractivity contribution is 5.79. The zero-order valence-electron chi connectivity index (χ0n) is 10.9. The first-order chi connectivity index (χ1) is 8.06. The minimum absolute atomic E-state index is 0.263. The first kappa shape index (κ1) is 12.8. The molecule has 4 heteroatoms. The number of hydrogen-bond donors (Lipinski definition) is 2. The maximum absolute atomic E-state index is 11.6. The van der Waals surface area contributed by atoms with Gasteiger partial charge in [-0.2, -0.15) is 0 Å². The predicted molar refractivity (Wildman–Crippen MR) is 67.0 cm³/mol. The average molecular weight is 240 g/mol. The maximum Gasteiger partial charge on any atom is 0.324 e. The van der Waals surface area contributed by atoms with Crippen LogP contribution in [0.1, 0.15) is 39.5 Å². The fourth-order valence-electron chi connectivity index (χ4n) is 3.35. The fourth-order valence-corrected chi connectivity index (χ4v) is 3.35. The topological polar surface area (TPSA) is 52.6 Å². The van der Waals surface area contributed by atoms with E-state index in [0.29, 0.717) is 6.04 Å². The Labute approximate surface area is 103 Å². The van der Waals surface area contributed by atoms with Gasteiger partial charge in [0.1, 0.15) is 5.54 Å². The molecule has 2 aliphatic heterocycles. The molecule has 0 aromatic rings. The van der Waals surface area contributed by atoms with Crippen LogP contribution in [0.25, 0.3) is 0 Å². The van der Waals surface area contributed by atoms with Gasteiger partial charge < -0.3 is 15.3 Å². The van der Waals surface area contributed by atoms with Gasteiger partial charge in [-0.25, -0.2) is 0 Å². The summed E-state index contributed by atoms with van der Waals surface area (Å²) in [5.41, 5.74) is -0.645. The normalized spacial score (nSPS) is 35.4. The zero-order valence-corrected chi connectivity index (χ0v) is 10.9. The number of nitrogens with zero attached hydrogens (tertiary/aromatic N) is 1. The highest BCUT2D eigenvalue weighted by Crippen LogP contribution is 2.34. The van der Waals surface area contributed by atoms with E-state index in [1.54, 1.807) is 0 Å². The third-order valence-electron chi connectivity index (χ3n) is 4.45. The number of carboxylic acids is 1. The number of rotatable bonds is 3. The van der Waals surface area contributed by atoms with Crippen LogP contribution in [0.3, 0.4) is 0 Å². The second-order valence-corrected chi connectivity index (χ2v) is 5.73. The van der Waals surface area contributed by atoms with E-state index in [9.17, 15) is 9.90 Å². The molecule has 0 amide bonds. The zero-order chi connectivity index (χ0) is 12.5. The molecule has 2 saturated heterocycles. The lowest BCUT2D eigenvalue weighted by Crippen LogP contribution is -2.58. The Bertz CT molecular complexity index is 285. The summed E-state index contributed by atoms with van der Waals surface area (Å²) in [5, 5.41) is 12.8. The Morgan fingerprint density at radius 3 is 2.76 bits per heavy atom. The fraction of sp³-hybridized carbons (Fsp3) is 0.923. The highest BCUT2D eigenvalue weighted by Gasteiger charge is 2.48. The average Bonchev–Trinajstić information content (AvgIpc) is 2.79. The van der Waals surface area contributed by atoms with Crippen LogP contribution in [0.4, 0.5) is 0 Å². The van der Waals surface area contributed by atoms with E-state index >= 15 is 0 Å². The number of piperidine rings is 1. The smallest absolute Gasteiger partial charge is 0.324 e. The molecule has 0 spiro atoms. The molecule has 0 aromatic heterocycles. The van der Waals surface area contributed by atoms with Crippen molar-refractivity contribution in [3.8, 4) is 0 Å². The number of aliphatic carboxylic acids is 1. The summed E-state index contributed by atoms with van der Waals surface area (Å²) in [6.07, 6.45) is 3.95. The molecule has 2 aliphatic rings. The van der Waals surface area contributed by atoms with Crippen molar-refractivity contribution >= 4 is 5.97 Å². The molecule has 17 heavy (non-hydrogen) atoms. The van der Waals surface area contributed by atoms with Crippen molar-refractivity contribution in [2.45, 2.75) is 51.1 Å². The molecule has 0 aliphatic carbocycles. The Hall–Kier alpha value is -0.610. The van der Waals surface area contributed by atoms with Crippen LogP contribution >= 0.6 is 0 Å². The van der Waals surface area contributed by atoms with Crippen molar-refractivity contribution < 1.29 is 9.90 Å². The lowest BCUT2D eigenvalue weighted by Gasteiger charge is -2.42. The molecule has 2 unspecified atom stereocenters. The van der Waals surface area contributed by atoms with E-state index in [-0.39, 0.29) is 5.92 Å². The molecule has 2 heterocycles. The summed E-state index contributed by atoms with van der Waals surface area (Å²) in [4.78, 5) is 14.0. The van der Waals surface area contributed by atoms with Crippen molar-refractivity contribution in [3.05, 3.63) is 0 Å². The molecular weight excluding hydrogens is 216 g/mol. The van der Waals surface area contributed by atoms with Crippen LogP contribution in [0.15, 0.2) is 0 Å². The Morgan fingerprint density at radius 1 is 1.47 bits per heavy atom. The third-order valence-corrected chi connectivity index (χ3v) is 4.45. The predicted octanol–water partition coefficient (Wildman–Crippen LogP) is 1.31. The number of carbonyl (C=O) groups is 1. The van der Waals surface area contributed by atoms with Gasteiger partial charge in [-0.05, 0) is 52.6 Å². The SMILES string of the molecule is CC(C)N1CCCC(C2(C(=O)O)CCCN2)C1. The largest absolute Gasteiger partial charge is 0.480 e. The monoisotopic (exact) mass is 240 g/mol. The number of carboxylic acid groups (broad SMARTS) is 1. The molecule has 0 saturated carbocycles. The maximum atomic E-state index is 11.6. The molecule has 0 aromatic carbocycles. The third kappa shape index (κ3) is 2.33. The van der Waals surface area contributed by atoms with Crippen molar-refractivity contribution in [1.82, 2.24) is 10.2 Å². The van der Waals surface area contributed by atoms with Gasteiger partial charge in [-0.1, -0.05) is 0 Å². The molecule has 0 radical (unpaired) electrons. The van der Waals surface area contributed by atoms with Crippen LogP contribution in [0, 0.1) is 5.92 Å². The van der Waals surface area contributed by atoms with Crippen molar-refractivity contribution in [3.63, 3.8) is 0 Å². The Morgan fingerprint density at radius 2 is 2.24 bits per heavy atom. The minimum atomic E-state index is -0.648. The van der Waals surface area contributed by atoms with Crippen molar-refractivity contribution in [2.24, 2.45) is 5.92 Å². The van der Waals surface area contributed by atoms with E-state index in [1.165, 1.54) is 0 Å². The molecule has 2 atom stereocenters. The second-order valence-electron chi connectivity index (χ2n) is 5.73. The van der Waals surface area contributed by atoms with Crippen LogP contribution < -0.4 is 5.32 Å². The van der Waals surface area contributed by atoms with E-state index in [4.69, 9.17) is 0 Å². The van der Waals surface area contributed by atoms with E-state index in [0.717, 1.165) is 45.3 Å². The number of nitrogens with one attached hydrogen (secondary N) is 1. The lowest BCUT2D eigenvalue weighted by atomic mass is 9.77. The molecule has 98 valence electrons. The summed E-state index contributed by atoms with van der Waals surface area (Å²) in [7, 11) is 0. The van der Waals surface area contributed by atoms with Crippen molar-refractivity contribution in [1.29, 1.82) is 0 Å². The van der Waals surface area contributed by atoms with Gasteiger partial charge in [0.15, 0.2) is 0 Å². The second kappa shape index (κ2) is 4.94. The first-order valence-electron chi connectivity index (χ1n) is 6.79. The van der Waals surface area contributed by atoms with Crippen LogP contribution in [-0.2, 0) is 4.79 Å². The summed E-state index contributed by atoms with van der Waals surface area (Å²) in [6, 6.07) is 0.519. The van der Waals surface area contributed by atoms with E-state index < -0.39 is 11.5 Å². The van der Waals surface area contributed by atoms with Gasteiger partial charge in [0, 0.05) is 18.5 Å². The minimum Gasteiger partial charge on any atom is -0.480 e. The van der Waals surface area contributed by atoms with Crippen LogP contribution in [-0.4, -0.2) is 47.2 Å². The van der Waals surface area contributed by atoms with Gasteiger partial charge in [-0.15, -0.1) is 0 Å². The molecule has 2 fully saturated rings. The summed E-state index contributed by atoms with van der Waals surface area (Å²) >= 11 is 0. The number of likely N-dealkylation sites (tertiary alicyclic amines) is 1. The Kier molecular flexibility index (Phi) is 3.73. The summed E-state index contributed by atoms with van der Waals surface area (Å²) in [5.74, 6) is -0.385. The summed E-state index contributed by atoms with van der Waals surface area (Å²) < 4.78 is 0. The van der Waals surface area contributed by atoms with Crippen LogP contribution in [0.5, 0.6) is 0 Å².